The zero-order valence-electron chi connectivity index (χ0n) is 18.7. The monoisotopic (exact) mass is 416 g/mol. The Labute approximate surface area is 176 Å². The van der Waals surface area contributed by atoms with Crippen LogP contribution in [0.3, 0.4) is 0 Å². The fourth-order valence-electron chi connectivity index (χ4n) is 4.60. The minimum atomic E-state index is -0.974. The van der Waals surface area contributed by atoms with Gasteiger partial charge in [-0.2, -0.15) is 0 Å². The maximum absolute atomic E-state index is 12.8. The average molecular weight is 416 g/mol. The first-order chi connectivity index (χ1) is 15.4. The van der Waals surface area contributed by atoms with Crippen LogP contribution in [0, 0.1) is 11.8 Å². The molecule has 0 saturated carbocycles. The van der Waals surface area contributed by atoms with Crippen LogP contribution < -0.4 is 23.7 Å². The van der Waals surface area contributed by atoms with Crippen LogP contribution >= 0.6 is 0 Å². The normalized spacial score (nSPS) is 26.9. The molecule has 0 spiro atoms. The Balaban J connectivity index is 1.83. The summed E-state index contributed by atoms with van der Waals surface area (Å²) in [5.41, 5.74) is 1.34. The van der Waals surface area contributed by atoms with Crippen LogP contribution in [0.4, 0.5) is 0 Å². The summed E-state index contributed by atoms with van der Waals surface area (Å²) in [6.45, 7) is 0.0889. The third-order valence-corrected chi connectivity index (χ3v) is 5.98. The van der Waals surface area contributed by atoms with Crippen molar-refractivity contribution in [3.8, 4) is 28.7 Å². The molecule has 1 fully saturated rings. The number of carbonyl (C=O) groups excluding carboxylic acids is 1. The molecular weight excluding hydrogens is 392 g/mol. The molecule has 30 heavy (non-hydrogen) atoms. The first-order valence-electron chi connectivity index (χ1n) is 10.5. The lowest BCUT2D eigenvalue weighted by Gasteiger charge is -2.37. The van der Waals surface area contributed by atoms with Crippen LogP contribution in [0.15, 0.2) is 24.2 Å². The fourth-order valence-corrected chi connectivity index (χ4v) is 4.60. The highest BCUT2D eigenvalue weighted by atomic mass is 16.7. The van der Waals surface area contributed by atoms with Gasteiger partial charge in [0, 0.05) is 11.8 Å². The van der Waals surface area contributed by atoms with Gasteiger partial charge >= 0.3 is 5.97 Å². The second-order valence-electron chi connectivity index (χ2n) is 7.34. The minimum absolute atomic E-state index is 0.0418. The van der Waals surface area contributed by atoms with Gasteiger partial charge in [-0.3, -0.25) is 4.79 Å². The van der Waals surface area contributed by atoms with E-state index in [1.54, 1.807) is 12.1 Å². The Morgan fingerprint density at radius 3 is 2.23 bits per heavy atom. The van der Waals surface area contributed by atoms with Crippen molar-refractivity contribution in [1.29, 1.82) is 0 Å². The van der Waals surface area contributed by atoms with Gasteiger partial charge in [0.05, 0.1) is 42.7 Å². The lowest BCUT2D eigenvalue weighted by molar-refractivity contribution is -0.141. The van der Waals surface area contributed by atoms with E-state index < -0.39 is 29.8 Å². The van der Waals surface area contributed by atoms with E-state index >= 15 is 0 Å². The van der Waals surface area contributed by atoms with E-state index in [-0.39, 0.29) is 48.3 Å². The van der Waals surface area contributed by atoms with Crippen molar-refractivity contribution in [3.63, 3.8) is 0 Å². The maximum atomic E-state index is 12.8. The predicted molar refractivity (Wildman–Crippen MR) is 103 cm³/mol. The van der Waals surface area contributed by atoms with Gasteiger partial charge in [-0.05, 0) is 40.9 Å². The number of rotatable bonds is 4. The van der Waals surface area contributed by atoms with Crippen molar-refractivity contribution in [2.75, 3.05) is 34.7 Å². The number of hydrogen-bond acceptors (Lipinski definition) is 8. The molecule has 0 amide bonds. The molecule has 5 rings (SSSR count). The van der Waals surface area contributed by atoms with E-state index in [9.17, 15) is 9.90 Å². The third kappa shape index (κ3) is 2.60. The van der Waals surface area contributed by atoms with Crippen LogP contribution in [-0.4, -0.2) is 45.8 Å². The summed E-state index contributed by atoms with van der Waals surface area (Å²) in [6.07, 6.45) is -0.974. The molecule has 158 valence electrons. The van der Waals surface area contributed by atoms with Crippen LogP contribution in [0.5, 0.6) is 28.7 Å². The van der Waals surface area contributed by atoms with Gasteiger partial charge in [-0.25, -0.2) is 0 Å². The molecule has 2 aliphatic heterocycles. The number of fused-ring (bicyclic) bond motifs is 3. The Kier molecular flexibility index (Phi) is 3.87. The molecule has 0 bridgehead atoms. The lowest BCUT2D eigenvalue weighted by atomic mass is 9.66. The van der Waals surface area contributed by atoms with E-state index in [1.165, 1.54) is 21.3 Å². The van der Waals surface area contributed by atoms with Crippen LogP contribution in [0.25, 0.3) is 0 Å². The molecule has 0 radical (unpaired) electrons. The second kappa shape index (κ2) is 6.98. The first kappa shape index (κ1) is 16.6. The SMILES string of the molecule is [2H]c1c(OC)c(OC)c(OC)c([2H])c1[C@@H]1c2cc3c(cc2[C@H](O)[C@H]2COC(=O)[C@H]12)OCO3. The number of cyclic esters (lactones) is 1. The maximum Gasteiger partial charge on any atom is 0.310 e. The van der Waals surface area contributed by atoms with E-state index in [1.807, 2.05) is 0 Å². The Morgan fingerprint density at radius 2 is 1.63 bits per heavy atom. The van der Waals surface area contributed by atoms with Crippen molar-refractivity contribution in [3.05, 3.63) is 40.9 Å². The highest BCUT2D eigenvalue weighted by Gasteiger charge is 2.52. The smallest absolute Gasteiger partial charge is 0.310 e. The van der Waals surface area contributed by atoms with Gasteiger partial charge in [0.15, 0.2) is 23.0 Å². The largest absolute Gasteiger partial charge is 0.493 e. The molecule has 2 aromatic carbocycles. The van der Waals surface area contributed by atoms with Gasteiger partial charge in [0.25, 0.3) is 0 Å². The Bertz CT molecular complexity index is 1090. The molecule has 1 aliphatic carbocycles. The number of carbonyl (C=O) groups is 1. The summed E-state index contributed by atoms with van der Waals surface area (Å²) >= 11 is 0. The molecular formula is C22H22O8. The number of hydrogen-bond donors (Lipinski definition) is 1. The fraction of sp³-hybridized carbons (Fsp3) is 0.409. The quantitative estimate of drug-likeness (QED) is 0.760. The topological polar surface area (TPSA) is 92.7 Å². The van der Waals surface area contributed by atoms with Gasteiger partial charge in [0.1, 0.15) is 0 Å². The second-order valence-corrected chi connectivity index (χ2v) is 7.34. The molecule has 8 heteroatoms. The zero-order valence-corrected chi connectivity index (χ0v) is 16.7. The molecule has 2 heterocycles. The van der Waals surface area contributed by atoms with Crippen LogP contribution in [0.2, 0.25) is 0 Å². The van der Waals surface area contributed by atoms with Crippen LogP contribution in [-0.2, 0) is 9.53 Å². The van der Waals surface area contributed by atoms with Gasteiger partial charge in [-0.15, -0.1) is 0 Å². The molecule has 1 N–H and O–H groups in total. The minimum Gasteiger partial charge on any atom is -0.493 e. The van der Waals surface area contributed by atoms with E-state index in [2.05, 4.69) is 0 Å². The molecule has 2 aromatic rings. The highest BCUT2D eigenvalue weighted by Crippen LogP contribution is 2.55. The predicted octanol–water partition coefficient (Wildman–Crippen LogP) is 2.41. The van der Waals surface area contributed by atoms with E-state index in [0.29, 0.717) is 22.6 Å². The first-order valence-corrected chi connectivity index (χ1v) is 9.50. The van der Waals surface area contributed by atoms with Gasteiger partial charge in [-0.1, -0.05) is 0 Å². The van der Waals surface area contributed by atoms with Crippen LogP contribution in [0.1, 0.15) is 31.5 Å². The Hall–Kier alpha value is -3.13. The van der Waals surface area contributed by atoms with Gasteiger partial charge < -0.3 is 33.5 Å². The number of aliphatic hydroxyl groups is 1. The van der Waals surface area contributed by atoms with Crippen molar-refractivity contribution in [1.82, 2.24) is 0 Å². The standard InChI is InChI=1S/C22H22O8/c1-25-16-4-10(5-17(26-2)21(16)27-3)18-11-6-14-15(30-9-29-14)7-12(11)20(23)13-8-28-22(24)19(13)18/h4-7,13,18-20,23H,8-9H2,1-3H3/t13-,18+,19-,20-/m0/s1/i4D,5D. The van der Waals surface area contributed by atoms with Crippen molar-refractivity contribution >= 4 is 5.97 Å². The summed E-state index contributed by atoms with van der Waals surface area (Å²) in [5, 5.41) is 11.1. The average Bonchev–Trinajstić information content (AvgIpc) is 3.40. The summed E-state index contributed by atoms with van der Waals surface area (Å²) in [6, 6.07) is 3.20. The molecule has 3 aliphatic rings. The number of aliphatic hydroxyl groups excluding tert-OH is 1. The lowest BCUT2D eigenvalue weighted by Crippen LogP contribution is -2.34. The third-order valence-electron chi connectivity index (χ3n) is 5.98. The van der Waals surface area contributed by atoms with Gasteiger partial charge in [0.2, 0.25) is 12.5 Å². The Morgan fingerprint density at radius 1 is 1.00 bits per heavy atom. The summed E-state index contributed by atoms with van der Waals surface area (Å²) in [7, 11) is 4.19. The zero-order chi connectivity index (χ0) is 22.7. The molecule has 0 unspecified atom stereocenters. The van der Waals surface area contributed by atoms with Crippen molar-refractivity contribution in [2.24, 2.45) is 11.8 Å². The number of ether oxygens (including phenoxy) is 6. The summed E-state index contributed by atoms with van der Waals surface area (Å²) in [4.78, 5) is 12.8. The number of benzene rings is 2. The molecule has 1 saturated heterocycles. The number of methoxy groups -OCH3 is 3. The number of esters is 1. The molecule has 4 atom stereocenters. The summed E-state index contributed by atoms with van der Waals surface area (Å²) in [5.74, 6) is -1.33. The molecule has 0 aromatic heterocycles. The van der Waals surface area contributed by atoms with Crippen molar-refractivity contribution < 1.29 is 41.1 Å². The van der Waals surface area contributed by atoms with E-state index in [0.717, 1.165) is 0 Å². The highest BCUT2D eigenvalue weighted by molar-refractivity contribution is 5.79. The van der Waals surface area contributed by atoms with Crippen molar-refractivity contribution in [2.45, 2.75) is 12.0 Å². The summed E-state index contributed by atoms with van der Waals surface area (Å²) < 4.78 is 50.2. The van der Waals surface area contributed by atoms with E-state index in [4.69, 9.17) is 31.2 Å². The molecule has 8 nitrogen and oxygen atoms in total.